The molecule has 0 aliphatic heterocycles. The van der Waals surface area contributed by atoms with Gasteiger partial charge in [0.15, 0.2) is 5.69 Å². The van der Waals surface area contributed by atoms with E-state index in [1.807, 2.05) is 6.07 Å². The average Bonchev–Trinajstić information content (AvgIpc) is 3.17. The quantitative estimate of drug-likeness (QED) is 0.640. The van der Waals surface area contributed by atoms with Crippen molar-refractivity contribution in [2.75, 3.05) is 11.9 Å². The molecular formula is C20H17ClN4O2. The molecule has 27 heavy (non-hydrogen) atoms. The SMILES string of the molecule is C=CCNC(=O)c1ccccc1NC(=O)c1ccn(-c2cccc(Cl)c2)n1. The van der Waals surface area contributed by atoms with E-state index in [9.17, 15) is 9.59 Å². The maximum atomic E-state index is 12.6. The third-order valence-corrected chi connectivity index (χ3v) is 3.96. The number of benzene rings is 2. The molecular weight excluding hydrogens is 364 g/mol. The smallest absolute Gasteiger partial charge is 0.276 e. The summed E-state index contributed by atoms with van der Waals surface area (Å²) in [5, 5.41) is 10.3. The Bertz CT molecular complexity index is 997. The largest absolute Gasteiger partial charge is 0.349 e. The van der Waals surface area contributed by atoms with Crippen molar-refractivity contribution >= 4 is 29.1 Å². The van der Waals surface area contributed by atoms with E-state index in [0.717, 1.165) is 5.69 Å². The number of amides is 2. The summed E-state index contributed by atoms with van der Waals surface area (Å²) >= 11 is 5.99. The Kier molecular flexibility index (Phi) is 5.68. The fraction of sp³-hybridized carbons (Fsp3) is 0.0500. The van der Waals surface area contributed by atoms with Crippen molar-refractivity contribution in [2.24, 2.45) is 0 Å². The number of halogens is 1. The highest BCUT2D eigenvalue weighted by Gasteiger charge is 2.15. The van der Waals surface area contributed by atoms with Gasteiger partial charge in [0.05, 0.1) is 16.9 Å². The molecule has 3 aromatic rings. The molecule has 0 aliphatic rings. The summed E-state index contributed by atoms with van der Waals surface area (Å²) in [7, 11) is 0. The van der Waals surface area contributed by atoms with Gasteiger partial charge in [0.25, 0.3) is 11.8 Å². The van der Waals surface area contributed by atoms with Crippen LogP contribution in [-0.2, 0) is 0 Å². The number of carbonyl (C=O) groups excluding carboxylic acids is 2. The number of aromatic nitrogens is 2. The number of hydrogen-bond donors (Lipinski definition) is 2. The molecule has 0 atom stereocenters. The number of carbonyl (C=O) groups is 2. The normalized spacial score (nSPS) is 10.3. The van der Waals surface area contributed by atoms with Crippen LogP contribution in [0.5, 0.6) is 0 Å². The number of nitrogens with one attached hydrogen (secondary N) is 2. The zero-order chi connectivity index (χ0) is 19.2. The minimum atomic E-state index is -0.417. The molecule has 2 amide bonds. The third-order valence-electron chi connectivity index (χ3n) is 3.72. The van der Waals surface area contributed by atoms with E-state index in [-0.39, 0.29) is 11.6 Å². The van der Waals surface area contributed by atoms with Gasteiger partial charge in [-0.2, -0.15) is 5.10 Å². The molecule has 0 saturated heterocycles. The molecule has 0 fully saturated rings. The maximum Gasteiger partial charge on any atom is 0.276 e. The molecule has 136 valence electrons. The Balaban J connectivity index is 1.79. The van der Waals surface area contributed by atoms with E-state index in [4.69, 9.17) is 11.6 Å². The summed E-state index contributed by atoms with van der Waals surface area (Å²) in [6.45, 7) is 3.90. The second kappa shape index (κ2) is 8.33. The molecule has 1 aromatic heterocycles. The topological polar surface area (TPSA) is 76.0 Å². The Hall–Kier alpha value is -3.38. The highest BCUT2D eigenvalue weighted by atomic mass is 35.5. The number of rotatable bonds is 6. The van der Waals surface area contributed by atoms with Gasteiger partial charge in [-0.15, -0.1) is 6.58 Å². The number of hydrogen-bond acceptors (Lipinski definition) is 3. The average molecular weight is 381 g/mol. The molecule has 7 heteroatoms. The van der Waals surface area contributed by atoms with Gasteiger partial charge in [-0.3, -0.25) is 9.59 Å². The third kappa shape index (κ3) is 4.43. The van der Waals surface area contributed by atoms with Crippen LogP contribution >= 0.6 is 11.6 Å². The van der Waals surface area contributed by atoms with Crippen LogP contribution in [0.25, 0.3) is 5.69 Å². The number of anilines is 1. The van der Waals surface area contributed by atoms with Crippen LogP contribution in [0.15, 0.2) is 73.4 Å². The van der Waals surface area contributed by atoms with Crippen LogP contribution < -0.4 is 10.6 Å². The van der Waals surface area contributed by atoms with Crippen LogP contribution in [0, 0.1) is 0 Å². The molecule has 2 N–H and O–H groups in total. The first-order valence-corrected chi connectivity index (χ1v) is 8.57. The highest BCUT2D eigenvalue weighted by Crippen LogP contribution is 2.17. The van der Waals surface area contributed by atoms with Gasteiger partial charge < -0.3 is 10.6 Å². The van der Waals surface area contributed by atoms with Crippen molar-refractivity contribution in [3.63, 3.8) is 0 Å². The summed E-state index contributed by atoms with van der Waals surface area (Å²) in [5.41, 5.74) is 1.73. The van der Waals surface area contributed by atoms with Crippen LogP contribution in [0.2, 0.25) is 5.02 Å². The molecule has 2 aromatic carbocycles. The number of para-hydroxylation sites is 1. The number of nitrogens with zero attached hydrogens (tertiary/aromatic N) is 2. The Morgan fingerprint density at radius 3 is 2.70 bits per heavy atom. The molecule has 0 bridgehead atoms. The Labute approximate surface area is 161 Å². The first-order chi connectivity index (χ1) is 13.1. The summed E-state index contributed by atoms with van der Waals surface area (Å²) in [6.07, 6.45) is 3.25. The predicted molar refractivity (Wildman–Crippen MR) is 105 cm³/mol. The first kappa shape index (κ1) is 18.4. The molecule has 6 nitrogen and oxygen atoms in total. The van der Waals surface area contributed by atoms with Gasteiger partial charge in [-0.25, -0.2) is 4.68 Å². The van der Waals surface area contributed by atoms with Gasteiger partial charge in [-0.1, -0.05) is 35.9 Å². The maximum absolute atomic E-state index is 12.6. The minimum Gasteiger partial charge on any atom is -0.349 e. The molecule has 1 heterocycles. The lowest BCUT2D eigenvalue weighted by Crippen LogP contribution is -2.25. The zero-order valence-electron chi connectivity index (χ0n) is 14.4. The second-order valence-electron chi connectivity index (χ2n) is 5.62. The standard InChI is InChI=1S/C20H17ClN4O2/c1-2-11-22-19(26)16-8-3-4-9-17(16)23-20(27)18-10-12-25(24-18)15-7-5-6-14(21)13-15/h2-10,12-13H,1,11H2,(H,22,26)(H,23,27). The van der Waals surface area contributed by atoms with Crippen molar-refractivity contribution in [2.45, 2.75) is 0 Å². The van der Waals surface area contributed by atoms with Gasteiger partial charge in [-0.05, 0) is 36.4 Å². The molecule has 0 unspecified atom stereocenters. The summed E-state index contributed by atoms with van der Waals surface area (Å²) in [5.74, 6) is -0.713. The Morgan fingerprint density at radius 1 is 1.11 bits per heavy atom. The Morgan fingerprint density at radius 2 is 1.93 bits per heavy atom. The van der Waals surface area contributed by atoms with E-state index in [1.165, 1.54) is 0 Å². The summed E-state index contributed by atoms with van der Waals surface area (Å²) < 4.78 is 1.56. The lowest BCUT2D eigenvalue weighted by atomic mass is 10.1. The van der Waals surface area contributed by atoms with Crippen molar-refractivity contribution in [3.05, 3.63) is 89.7 Å². The van der Waals surface area contributed by atoms with Crippen molar-refractivity contribution in [1.29, 1.82) is 0 Å². The molecule has 0 saturated carbocycles. The van der Waals surface area contributed by atoms with Gasteiger partial charge >= 0.3 is 0 Å². The lowest BCUT2D eigenvalue weighted by Gasteiger charge is -2.10. The van der Waals surface area contributed by atoms with Gasteiger partial charge in [0.2, 0.25) is 0 Å². The van der Waals surface area contributed by atoms with Crippen LogP contribution in [0.3, 0.4) is 0 Å². The van der Waals surface area contributed by atoms with E-state index >= 15 is 0 Å². The van der Waals surface area contributed by atoms with E-state index in [2.05, 4.69) is 22.3 Å². The fourth-order valence-electron chi connectivity index (χ4n) is 2.44. The van der Waals surface area contributed by atoms with E-state index in [0.29, 0.717) is 22.8 Å². The van der Waals surface area contributed by atoms with E-state index in [1.54, 1.807) is 65.5 Å². The minimum absolute atomic E-state index is 0.219. The van der Waals surface area contributed by atoms with Crippen LogP contribution in [0.1, 0.15) is 20.8 Å². The highest BCUT2D eigenvalue weighted by molar-refractivity contribution is 6.30. The van der Waals surface area contributed by atoms with Crippen LogP contribution in [-0.4, -0.2) is 28.1 Å². The van der Waals surface area contributed by atoms with Gasteiger partial charge in [0, 0.05) is 17.8 Å². The molecule has 3 rings (SSSR count). The van der Waals surface area contributed by atoms with E-state index < -0.39 is 5.91 Å². The molecule has 0 spiro atoms. The molecule has 0 radical (unpaired) electrons. The van der Waals surface area contributed by atoms with Crippen molar-refractivity contribution in [3.8, 4) is 5.69 Å². The summed E-state index contributed by atoms with van der Waals surface area (Å²) in [6, 6.07) is 15.5. The van der Waals surface area contributed by atoms with Crippen molar-refractivity contribution in [1.82, 2.24) is 15.1 Å². The fourth-order valence-corrected chi connectivity index (χ4v) is 2.63. The van der Waals surface area contributed by atoms with Crippen molar-refractivity contribution < 1.29 is 9.59 Å². The van der Waals surface area contributed by atoms with Crippen LogP contribution in [0.4, 0.5) is 5.69 Å². The van der Waals surface area contributed by atoms with Gasteiger partial charge in [0.1, 0.15) is 0 Å². The molecule has 0 aliphatic carbocycles. The monoisotopic (exact) mass is 380 g/mol. The summed E-state index contributed by atoms with van der Waals surface area (Å²) in [4.78, 5) is 24.8. The predicted octanol–water partition coefficient (Wildman–Crippen LogP) is 3.69. The first-order valence-electron chi connectivity index (χ1n) is 8.19. The zero-order valence-corrected chi connectivity index (χ0v) is 15.1. The lowest BCUT2D eigenvalue weighted by molar-refractivity contribution is 0.0959. The second-order valence-corrected chi connectivity index (χ2v) is 6.06.